The summed E-state index contributed by atoms with van der Waals surface area (Å²) in [6, 6.07) is 18.6. The minimum Gasteiger partial charge on any atom is -0.346 e. The molecular weight excluding hydrogens is 312 g/mol. The van der Waals surface area contributed by atoms with E-state index in [1.165, 1.54) is 4.88 Å². The first-order chi connectivity index (χ1) is 11.9. The molecule has 0 atom stereocenters. The first kappa shape index (κ1) is 16.2. The van der Waals surface area contributed by atoms with Gasteiger partial charge in [0.1, 0.15) is 0 Å². The van der Waals surface area contributed by atoms with Gasteiger partial charge >= 0.3 is 0 Å². The summed E-state index contributed by atoms with van der Waals surface area (Å²) in [4.78, 5) is 5.94. The quantitative estimate of drug-likeness (QED) is 0.387. The zero-order chi connectivity index (χ0) is 16.6. The van der Waals surface area contributed by atoms with Crippen molar-refractivity contribution in [2.45, 2.75) is 13.0 Å². The van der Waals surface area contributed by atoms with Crippen molar-refractivity contribution in [2.75, 3.05) is 0 Å². The van der Waals surface area contributed by atoms with E-state index < -0.39 is 0 Å². The number of hydrogen-bond acceptors (Lipinski definition) is 2. The average molecular weight is 332 g/mol. The van der Waals surface area contributed by atoms with E-state index >= 15 is 0 Å². The molecule has 3 aromatic rings. The van der Waals surface area contributed by atoms with Crippen LogP contribution in [0.1, 0.15) is 22.6 Å². The van der Waals surface area contributed by atoms with Gasteiger partial charge in [-0.25, -0.2) is 0 Å². The molecule has 0 spiro atoms. The fourth-order valence-corrected chi connectivity index (χ4v) is 3.11. The maximum atomic E-state index is 4.77. The van der Waals surface area contributed by atoms with Crippen molar-refractivity contribution in [1.29, 1.82) is 0 Å². The van der Waals surface area contributed by atoms with Crippen LogP contribution in [0.4, 0.5) is 0 Å². The van der Waals surface area contributed by atoms with Gasteiger partial charge in [-0.3, -0.25) is 4.99 Å². The van der Waals surface area contributed by atoms with Gasteiger partial charge in [0.05, 0.1) is 22.5 Å². The zero-order valence-corrected chi connectivity index (χ0v) is 14.3. The number of aromatic nitrogens is 1. The summed E-state index contributed by atoms with van der Waals surface area (Å²) in [7, 11) is 0. The van der Waals surface area contributed by atoms with E-state index in [-0.39, 0.29) is 0 Å². The highest BCUT2D eigenvalue weighted by molar-refractivity contribution is 7.11. The summed E-state index contributed by atoms with van der Waals surface area (Å²) in [5.41, 5.74) is 3.24. The standard InChI is InChI=1S/C21H20N2S/c1-2-3-13-23-14-7-11-19(23)17-22-20(21-12-8-15-24-21)16-18-9-5-4-6-10-18/h2,4-12,14-17H,1,3,13H2/b20-16-,22-17?. The van der Waals surface area contributed by atoms with Gasteiger partial charge < -0.3 is 4.57 Å². The lowest BCUT2D eigenvalue weighted by molar-refractivity contribution is 0.711. The number of rotatable bonds is 7. The Hall–Kier alpha value is -2.65. The topological polar surface area (TPSA) is 17.3 Å². The van der Waals surface area contributed by atoms with Gasteiger partial charge in [-0.2, -0.15) is 0 Å². The molecule has 0 saturated carbocycles. The molecule has 2 heterocycles. The van der Waals surface area contributed by atoms with E-state index in [1.807, 2.05) is 30.5 Å². The SMILES string of the molecule is C=CCCn1cccc1C=N/C(=C\c1ccccc1)c1cccs1. The van der Waals surface area contributed by atoms with Gasteiger partial charge in [-0.15, -0.1) is 17.9 Å². The monoisotopic (exact) mass is 332 g/mol. The van der Waals surface area contributed by atoms with Gasteiger partial charge in [0.25, 0.3) is 0 Å². The lowest BCUT2D eigenvalue weighted by Gasteiger charge is -2.04. The van der Waals surface area contributed by atoms with Crippen molar-refractivity contribution in [3.8, 4) is 0 Å². The highest BCUT2D eigenvalue weighted by atomic mass is 32.1. The van der Waals surface area contributed by atoms with E-state index in [0.29, 0.717) is 0 Å². The Bertz CT molecular complexity index is 824. The molecule has 1 aromatic carbocycles. The van der Waals surface area contributed by atoms with Crippen LogP contribution in [0, 0.1) is 0 Å². The van der Waals surface area contributed by atoms with Gasteiger partial charge in [0.15, 0.2) is 0 Å². The molecule has 0 bridgehead atoms. The molecule has 3 heteroatoms. The lowest BCUT2D eigenvalue weighted by atomic mass is 10.2. The number of benzene rings is 1. The van der Waals surface area contributed by atoms with Gasteiger partial charge in [-0.05, 0) is 41.6 Å². The molecule has 0 aliphatic carbocycles. The number of aliphatic imine (C=N–C) groups is 1. The Kier molecular flexibility index (Phi) is 5.59. The molecule has 0 aliphatic rings. The van der Waals surface area contributed by atoms with Crippen LogP contribution < -0.4 is 0 Å². The molecule has 0 fully saturated rings. The first-order valence-corrected chi connectivity index (χ1v) is 8.85. The third-order valence-electron chi connectivity index (χ3n) is 3.65. The number of allylic oxidation sites excluding steroid dienone is 1. The molecule has 0 N–H and O–H groups in total. The van der Waals surface area contributed by atoms with Crippen LogP contribution in [0.2, 0.25) is 0 Å². The lowest BCUT2D eigenvalue weighted by Crippen LogP contribution is -2.00. The second kappa shape index (κ2) is 8.27. The summed E-state index contributed by atoms with van der Waals surface area (Å²) in [5.74, 6) is 0. The van der Waals surface area contributed by atoms with Crippen molar-refractivity contribution in [3.05, 3.63) is 95.0 Å². The number of thiophene rings is 1. The number of nitrogens with zero attached hydrogens (tertiary/aromatic N) is 2. The summed E-state index contributed by atoms with van der Waals surface area (Å²) >= 11 is 1.70. The minimum absolute atomic E-state index is 0.925. The Morgan fingerprint density at radius 1 is 1.08 bits per heavy atom. The Morgan fingerprint density at radius 3 is 2.71 bits per heavy atom. The molecule has 2 aromatic heterocycles. The highest BCUT2D eigenvalue weighted by Crippen LogP contribution is 2.24. The van der Waals surface area contributed by atoms with E-state index in [9.17, 15) is 0 Å². The second-order valence-electron chi connectivity index (χ2n) is 5.38. The van der Waals surface area contributed by atoms with Crippen molar-refractivity contribution < 1.29 is 0 Å². The normalized spacial score (nSPS) is 11.9. The molecule has 120 valence electrons. The third kappa shape index (κ3) is 4.21. The summed E-state index contributed by atoms with van der Waals surface area (Å²) in [6.07, 6.45) is 9.04. The van der Waals surface area contributed by atoms with Crippen LogP contribution in [-0.2, 0) is 6.54 Å². The number of aryl methyl sites for hydroxylation is 1. The largest absolute Gasteiger partial charge is 0.346 e. The fraction of sp³-hybridized carbons (Fsp3) is 0.0952. The first-order valence-electron chi connectivity index (χ1n) is 7.97. The Balaban J connectivity index is 1.89. The second-order valence-corrected chi connectivity index (χ2v) is 6.33. The Labute approximate surface area is 147 Å². The molecular formula is C21H20N2S. The zero-order valence-electron chi connectivity index (χ0n) is 13.5. The van der Waals surface area contributed by atoms with Crippen molar-refractivity contribution in [1.82, 2.24) is 4.57 Å². The Morgan fingerprint density at radius 2 is 1.96 bits per heavy atom. The molecule has 3 rings (SSSR count). The smallest absolute Gasteiger partial charge is 0.0808 e. The van der Waals surface area contributed by atoms with Crippen LogP contribution in [0.5, 0.6) is 0 Å². The van der Waals surface area contributed by atoms with Crippen LogP contribution in [0.15, 0.2) is 83.8 Å². The molecule has 0 amide bonds. The minimum atomic E-state index is 0.925. The molecule has 0 radical (unpaired) electrons. The summed E-state index contributed by atoms with van der Waals surface area (Å²) in [6.45, 7) is 4.72. The van der Waals surface area contributed by atoms with Crippen molar-refractivity contribution in [2.24, 2.45) is 4.99 Å². The van der Waals surface area contributed by atoms with E-state index in [1.54, 1.807) is 11.3 Å². The predicted molar refractivity (Wildman–Crippen MR) is 105 cm³/mol. The maximum Gasteiger partial charge on any atom is 0.0808 e. The molecule has 0 saturated heterocycles. The van der Waals surface area contributed by atoms with Gasteiger partial charge in [-0.1, -0.05) is 42.5 Å². The van der Waals surface area contributed by atoms with Crippen LogP contribution in [-0.4, -0.2) is 10.8 Å². The average Bonchev–Trinajstić information content (AvgIpc) is 3.29. The highest BCUT2D eigenvalue weighted by Gasteiger charge is 2.02. The van der Waals surface area contributed by atoms with E-state index in [2.05, 4.69) is 65.2 Å². The fourth-order valence-electron chi connectivity index (χ4n) is 2.42. The van der Waals surface area contributed by atoms with Crippen LogP contribution >= 0.6 is 11.3 Å². The van der Waals surface area contributed by atoms with Crippen molar-refractivity contribution >= 4 is 29.3 Å². The van der Waals surface area contributed by atoms with Gasteiger partial charge in [0.2, 0.25) is 0 Å². The van der Waals surface area contributed by atoms with E-state index in [4.69, 9.17) is 4.99 Å². The molecule has 0 aliphatic heterocycles. The molecule has 0 unspecified atom stereocenters. The summed E-state index contributed by atoms with van der Waals surface area (Å²) in [5, 5.41) is 2.08. The number of hydrogen-bond donors (Lipinski definition) is 0. The molecule has 2 nitrogen and oxygen atoms in total. The van der Waals surface area contributed by atoms with E-state index in [0.717, 1.165) is 29.9 Å². The molecule has 24 heavy (non-hydrogen) atoms. The predicted octanol–water partition coefficient (Wildman–Crippen LogP) is 5.74. The van der Waals surface area contributed by atoms with Crippen molar-refractivity contribution in [3.63, 3.8) is 0 Å². The van der Waals surface area contributed by atoms with Crippen LogP contribution in [0.25, 0.3) is 11.8 Å². The van der Waals surface area contributed by atoms with Gasteiger partial charge in [0, 0.05) is 12.7 Å². The maximum absolute atomic E-state index is 4.77. The third-order valence-corrected chi connectivity index (χ3v) is 4.54. The summed E-state index contributed by atoms with van der Waals surface area (Å²) < 4.78 is 2.19. The van der Waals surface area contributed by atoms with Crippen LogP contribution in [0.3, 0.4) is 0 Å².